The zero-order chi connectivity index (χ0) is 19.1. The molecule has 1 saturated heterocycles. The number of ether oxygens (including phenoxy) is 1. The number of carbonyl (C=O) groups is 1. The SMILES string of the molecule is Cc1ccc(CN(C)CC(=O)N2CCC[C@H](OCc3cccnc3)C2)cc1. The fourth-order valence-corrected chi connectivity index (χ4v) is 3.39. The average molecular weight is 367 g/mol. The number of hydrogen-bond acceptors (Lipinski definition) is 4. The number of aryl methyl sites for hydroxylation is 1. The van der Waals surface area contributed by atoms with Crippen LogP contribution < -0.4 is 0 Å². The van der Waals surface area contributed by atoms with E-state index in [1.807, 2.05) is 30.3 Å². The maximum atomic E-state index is 12.7. The summed E-state index contributed by atoms with van der Waals surface area (Å²) in [5.41, 5.74) is 3.55. The molecule has 0 bridgehead atoms. The number of nitrogens with zero attached hydrogens (tertiary/aromatic N) is 3. The molecule has 144 valence electrons. The molecule has 5 heteroatoms. The van der Waals surface area contributed by atoms with Crippen molar-refractivity contribution in [3.05, 3.63) is 65.5 Å². The highest BCUT2D eigenvalue weighted by Crippen LogP contribution is 2.16. The molecule has 1 aromatic carbocycles. The predicted octanol–water partition coefficient (Wildman–Crippen LogP) is 3.03. The van der Waals surface area contributed by atoms with Gasteiger partial charge in [0.15, 0.2) is 0 Å². The van der Waals surface area contributed by atoms with Crippen LogP contribution in [-0.4, -0.2) is 53.5 Å². The van der Waals surface area contributed by atoms with Gasteiger partial charge in [0, 0.05) is 32.0 Å². The van der Waals surface area contributed by atoms with Gasteiger partial charge in [0.25, 0.3) is 0 Å². The molecule has 0 aliphatic carbocycles. The third-order valence-corrected chi connectivity index (χ3v) is 4.92. The summed E-state index contributed by atoms with van der Waals surface area (Å²) < 4.78 is 6.01. The molecule has 27 heavy (non-hydrogen) atoms. The van der Waals surface area contributed by atoms with E-state index in [2.05, 4.69) is 41.1 Å². The Bertz CT molecular complexity index is 718. The van der Waals surface area contributed by atoms with Gasteiger partial charge in [-0.05, 0) is 44.0 Å². The van der Waals surface area contributed by atoms with Crippen molar-refractivity contribution in [3.8, 4) is 0 Å². The van der Waals surface area contributed by atoms with E-state index in [-0.39, 0.29) is 12.0 Å². The Kier molecular flexibility index (Phi) is 6.96. The summed E-state index contributed by atoms with van der Waals surface area (Å²) in [5, 5.41) is 0. The number of amides is 1. The van der Waals surface area contributed by atoms with Gasteiger partial charge in [-0.2, -0.15) is 0 Å². The first kappa shape index (κ1) is 19.5. The molecule has 1 amide bonds. The fourth-order valence-electron chi connectivity index (χ4n) is 3.39. The first-order chi connectivity index (χ1) is 13.1. The number of piperidine rings is 1. The Balaban J connectivity index is 1.45. The minimum absolute atomic E-state index is 0.102. The number of pyridine rings is 1. The molecule has 5 nitrogen and oxygen atoms in total. The van der Waals surface area contributed by atoms with E-state index < -0.39 is 0 Å². The van der Waals surface area contributed by atoms with Gasteiger partial charge in [0.1, 0.15) is 0 Å². The lowest BCUT2D eigenvalue weighted by atomic mass is 10.1. The van der Waals surface area contributed by atoms with Crippen LogP contribution in [0.1, 0.15) is 29.5 Å². The summed E-state index contributed by atoms with van der Waals surface area (Å²) in [7, 11) is 2.00. The molecule has 1 aromatic heterocycles. The van der Waals surface area contributed by atoms with Crippen LogP contribution in [0.15, 0.2) is 48.8 Å². The summed E-state index contributed by atoms with van der Waals surface area (Å²) >= 11 is 0. The second-order valence-electron chi connectivity index (χ2n) is 7.43. The maximum Gasteiger partial charge on any atom is 0.236 e. The summed E-state index contributed by atoms with van der Waals surface area (Å²) in [6.45, 7) is 5.35. The van der Waals surface area contributed by atoms with Crippen LogP contribution in [0.5, 0.6) is 0 Å². The molecule has 0 spiro atoms. The zero-order valence-electron chi connectivity index (χ0n) is 16.3. The van der Waals surface area contributed by atoms with Crippen molar-refractivity contribution < 1.29 is 9.53 Å². The maximum absolute atomic E-state index is 12.7. The van der Waals surface area contributed by atoms with Crippen LogP contribution in [0, 0.1) is 6.92 Å². The molecule has 0 unspecified atom stereocenters. The van der Waals surface area contributed by atoms with Gasteiger partial charge in [0.2, 0.25) is 5.91 Å². The van der Waals surface area contributed by atoms with E-state index in [1.54, 1.807) is 6.20 Å². The molecule has 1 fully saturated rings. The molecule has 3 rings (SSSR count). The minimum atomic E-state index is 0.102. The Labute approximate surface area is 162 Å². The van der Waals surface area contributed by atoms with E-state index in [0.29, 0.717) is 19.7 Å². The summed E-state index contributed by atoms with van der Waals surface area (Å²) in [5.74, 6) is 0.180. The third kappa shape index (κ3) is 6.15. The van der Waals surface area contributed by atoms with Gasteiger partial charge < -0.3 is 9.64 Å². The van der Waals surface area contributed by atoms with E-state index in [4.69, 9.17) is 4.74 Å². The molecule has 0 radical (unpaired) electrons. The van der Waals surface area contributed by atoms with Crippen molar-refractivity contribution in [1.82, 2.24) is 14.8 Å². The molecular formula is C22H29N3O2. The largest absolute Gasteiger partial charge is 0.372 e. The quantitative estimate of drug-likeness (QED) is 0.755. The van der Waals surface area contributed by atoms with Crippen molar-refractivity contribution in [2.75, 3.05) is 26.7 Å². The van der Waals surface area contributed by atoms with Crippen LogP contribution in [0.2, 0.25) is 0 Å². The molecule has 1 atom stereocenters. The number of benzene rings is 1. The standard InChI is InChI=1S/C22H29N3O2/c1-18-7-9-19(10-8-18)14-24(2)16-22(26)25-12-4-6-21(15-25)27-17-20-5-3-11-23-13-20/h3,5,7-11,13,21H,4,6,12,14-17H2,1-2H3/t21-/m0/s1. The Hall–Kier alpha value is -2.24. The van der Waals surface area contributed by atoms with Crippen molar-refractivity contribution in [3.63, 3.8) is 0 Å². The van der Waals surface area contributed by atoms with Crippen LogP contribution >= 0.6 is 0 Å². The lowest BCUT2D eigenvalue weighted by molar-refractivity contribution is -0.136. The number of aromatic nitrogens is 1. The van der Waals surface area contributed by atoms with Crippen molar-refractivity contribution in [2.45, 2.75) is 39.0 Å². The lowest BCUT2D eigenvalue weighted by Gasteiger charge is -2.33. The summed E-state index contributed by atoms with van der Waals surface area (Å²) in [6.07, 6.45) is 5.68. The number of hydrogen-bond donors (Lipinski definition) is 0. The van der Waals surface area contributed by atoms with Gasteiger partial charge in [-0.3, -0.25) is 14.7 Å². The zero-order valence-corrected chi connectivity index (χ0v) is 16.3. The minimum Gasteiger partial charge on any atom is -0.372 e. The molecule has 0 N–H and O–H groups in total. The van der Waals surface area contributed by atoms with E-state index >= 15 is 0 Å². The van der Waals surface area contributed by atoms with Crippen LogP contribution in [0.3, 0.4) is 0 Å². The van der Waals surface area contributed by atoms with Crippen molar-refractivity contribution in [2.24, 2.45) is 0 Å². The van der Waals surface area contributed by atoms with Crippen molar-refractivity contribution >= 4 is 5.91 Å². The second kappa shape index (κ2) is 9.62. The third-order valence-electron chi connectivity index (χ3n) is 4.92. The summed E-state index contributed by atoms with van der Waals surface area (Å²) in [6, 6.07) is 12.4. The number of likely N-dealkylation sites (N-methyl/N-ethyl adjacent to an activating group) is 1. The highest BCUT2D eigenvalue weighted by Gasteiger charge is 2.24. The van der Waals surface area contributed by atoms with Crippen LogP contribution in [0.4, 0.5) is 0 Å². The molecule has 2 aromatic rings. The highest BCUT2D eigenvalue weighted by atomic mass is 16.5. The second-order valence-corrected chi connectivity index (χ2v) is 7.43. The average Bonchev–Trinajstić information content (AvgIpc) is 2.69. The topological polar surface area (TPSA) is 45.7 Å². The number of carbonyl (C=O) groups excluding carboxylic acids is 1. The van der Waals surface area contributed by atoms with Crippen molar-refractivity contribution in [1.29, 1.82) is 0 Å². The lowest BCUT2D eigenvalue weighted by Crippen LogP contribution is -2.46. The normalized spacial score (nSPS) is 17.3. The first-order valence-corrected chi connectivity index (χ1v) is 9.62. The highest BCUT2D eigenvalue weighted by molar-refractivity contribution is 5.78. The Morgan fingerprint density at radius 3 is 2.81 bits per heavy atom. The van der Waals surface area contributed by atoms with Gasteiger partial charge in [-0.1, -0.05) is 35.9 Å². The fraction of sp³-hybridized carbons (Fsp3) is 0.455. The molecule has 1 aliphatic heterocycles. The Morgan fingerprint density at radius 2 is 2.07 bits per heavy atom. The van der Waals surface area contributed by atoms with Gasteiger partial charge >= 0.3 is 0 Å². The molecular weight excluding hydrogens is 338 g/mol. The molecule has 2 heterocycles. The van der Waals surface area contributed by atoms with Crippen LogP contribution in [-0.2, 0) is 22.7 Å². The Morgan fingerprint density at radius 1 is 1.26 bits per heavy atom. The van der Waals surface area contributed by atoms with Gasteiger partial charge in [-0.15, -0.1) is 0 Å². The van der Waals surface area contributed by atoms with E-state index in [0.717, 1.165) is 31.5 Å². The molecule has 0 saturated carbocycles. The van der Waals surface area contributed by atoms with E-state index in [1.165, 1.54) is 11.1 Å². The van der Waals surface area contributed by atoms with E-state index in [9.17, 15) is 4.79 Å². The number of rotatable bonds is 7. The number of likely N-dealkylation sites (tertiary alicyclic amines) is 1. The van der Waals surface area contributed by atoms with Gasteiger partial charge in [0.05, 0.1) is 19.3 Å². The molecule has 1 aliphatic rings. The monoisotopic (exact) mass is 367 g/mol. The smallest absolute Gasteiger partial charge is 0.236 e. The van der Waals surface area contributed by atoms with Crippen LogP contribution in [0.25, 0.3) is 0 Å². The summed E-state index contributed by atoms with van der Waals surface area (Å²) in [4.78, 5) is 20.8. The predicted molar refractivity (Wildman–Crippen MR) is 106 cm³/mol. The van der Waals surface area contributed by atoms with Gasteiger partial charge in [-0.25, -0.2) is 0 Å². The first-order valence-electron chi connectivity index (χ1n) is 9.62.